The van der Waals surface area contributed by atoms with Crippen LogP contribution in [0.5, 0.6) is 0 Å². The molecular weight excluding hydrogens is 340 g/mol. The standard InChI is InChI=1S/C20H20N6O/c27-13-5-3-12(4-6-13)24-20-23-10-16-14-7-9-21-11-17(14)25-19-15(18(16)26-20)2-1-8-22-19/h1-2,7-13,27H,3-6H2,(H,22,25)(H,23,24,26). The smallest absolute Gasteiger partial charge is 0.223 e. The highest BCUT2D eigenvalue weighted by molar-refractivity contribution is 5.95. The lowest BCUT2D eigenvalue weighted by atomic mass is 9.93. The van der Waals surface area contributed by atoms with E-state index in [9.17, 15) is 5.11 Å². The minimum absolute atomic E-state index is 0.176. The Morgan fingerprint density at radius 1 is 0.963 bits per heavy atom. The third-order valence-electron chi connectivity index (χ3n) is 5.25. The molecule has 0 aromatic carbocycles. The number of rotatable bonds is 2. The highest BCUT2D eigenvalue weighted by Crippen LogP contribution is 2.41. The van der Waals surface area contributed by atoms with E-state index in [1.807, 2.05) is 24.4 Å². The fraction of sp³-hybridized carbons (Fsp3) is 0.300. The lowest BCUT2D eigenvalue weighted by Crippen LogP contribution is -2.29. The SMILES string of the molecule is OC1CCC(Nc2ncc3c(n2)-c2cccnc2Nc2cnccc2-3)CC1. The molecule has 3 aromatic rings. The zero-order valence-corrected chi connectivity index (χ0v) is 14.8. The van der Waals surface area contributed by atoms with Crippen molar-refractivity contribution in [2.45, 2.75) is 37.8 Å². The quantitative estimate of drug-likeness (QED) is 0.504. The Hall–Kier alpha value is -3.06. The Morgan fingerprint density at radius 3 is 2.74 bits per heavy atom. The predicted octanol–water partition coefficient (Wildman–Crippen LogP) is 3.37. The van der Waals surface area contributed by atoms with Gasteiger partial charge in [-0.3, -0.25) is 4.98 Å². The van der Waals surface area contributed by atoms with Gasteiger partial charge in [-0.15, -0.1) is 0 Å². The van der Waals surface area contributed by atoms with Gasteiger partial charge in [0.15, 0.2) is 0 Å². The number of pyridine rings is 2. The number of hydrogen-bond acceptors (Lipinski definition) is 7. The average Bonchev–Trinajstić information content (AvgIpc) is 2.84. The van der Waals surface area contributed by atoms with Crippen LogP contribution in [0, 0.1) is 0 Å². The Labute approximate surface area is 156 Å². The third kappa shape index (κ3) is 3.00. The molecule has 136 valence electrons. The van der Waals surface area contributed by atoms with E-state index in [0.717, 1.165) is 59.6 Å². The van der Waals surface area contributed by atoms with E-state index in [-0.39, 0.29) is 6.10 Å². The van der Waals surface area contributed by atoms with Crippen LogP contribution >= 0.6 is 0 Å². The summed E-state index contributed by atoms with van der Waals surface area (Å²) in [6.07, 6.45) is 10.5. The Kier molecular flexibility index (Phi) is 3.94. The number of aromatic nitrogens is 4. The summed E-state index contributed by atoms with van der Waals surface area (Å²) in [5.74, 6) is 1.37. The Morgan fingerprint density at radius 2 is 1.85 bits per heavy atom. The van der Waals surface area contributed by atoms with Crippen molar-refractivity contribution in [3.8, 4) is 22.4 Å². The van der Waals surface area contributed by atoms with Crippen LogP contribution in [0.1, 0.15) is 25.7 Å². The number of aliphatic hydroxyl groups excluding tert-OH is 1. The molecule has 27 heavy (non-hydrogen) atoms. The van der Waals surface area contributed by atoms with Crippen molar-refractivity contribution in [2.75, 3.05) is 10.6 Å². The summed E-state index contributed by atoms with van der Waals surface area (Å²) in [7, 11) is 0. The molecule has 3 aromatic heterocycles. The van der Waals surface area contributed by atoms with E-state index in [0.29, 0.717) is 12.0 Å². The molecule has 1 fully saturated rings. The molecular formula is C20H20N6O. The maximum Gasteiger partial charge on any atom is 0.223 e. The largest absolute Gasteiger partial charge is 0.393 e. The number of nitrogens with one attached hydrogen (secondary N) is 2. The molecule has 1 aliphatic carbocycles. The summed E-state index contributed by atoms with van der Waals surface area (Å²) in [5, 5.41) is 16.5. The van der Waals surface area contributed by atoms with Gasteiger partial charge in [-0.1, -0.05) is 0 Å². The normalized spacial score (nSPS) is 20.5. The van der Waals surface area contributed by atoms with Crippen molar-refractivity contribution in [3.63, 3.8) is 0 Å². The first-order chi connectivity index (χ1) is 13.3. The summed E-state index contributed by atoms with van der Waals surface area (Å²) in [6.45, 7) is 0. The van der Waals surface area contributed by atoms with E-state index < -0.39 is 0 Å². The fourth-order valence-electron chi connectivity index (χ4n) is 3.81. The second-order valence-electron chi connectivity index (χ2n) is 7.05. The molecule has 0 unspecified atom stereocenters. The molecule has 0 saturated heterocycles. The molecule has 0 spiro atoms. The molecule has 3 N–H and O–H groups in total. The number of fused-ring (bicyclic) bond motifs is 5. The maximum atomic E-state index is 9.71. The summed E-state index contributed by atoms with van der Waals surface area (Å²) in [6, 6.07) is 6.18. The summed E-state index contributed by atoms with van der Waals surface area (Å²) >= 11 is 0. The van der Waals surface area contributed by atoms with E-state index >= 15 is 0 Å². The first-order valence-electron chi connectivity index (χ1n) is 9.26. The van der Waals surface area contributed by atoms with Crippen LogP contribution in [0.4, 0.5) is 17.5 Å². The lowest BCUT2D eigenvalue weighted by molar-refractivity contribution is 0.126. The van der Waals surface area contributed by atoms with Crippen LogP contribution in [0.3, 0.4) is 0 Å². The van der Waals surface area contributed by atoms with Gasteiger partial charge >= 0.3 is 0 Å². The average molecular weight is 360 g/mol. The summed E-state index contributed by atoms with van der Waals surface area (Å²) < 4.78 is 0. The molecule has 0 amide bonds. The maximum absolute atomic E-state index is 9.71. The topological polar surface area (TPSA) is 95.9 Å². The highest BCUT2D eigenvalue weighted by Gasteiger charge is 2.24. The minimum atomic E-state index is -0.176. The van der Waals surface area contributed by atoms with Crippen LogP contribution in [-0.4, -0.2) is 37.2 Å². The minimum Gasteiger partial charge on any atom is -0.393 e. The second kappa shape index (κ2) is 6.59. The van der Waals surface area contributed by atoms with Gasteiger partial charge in [-0.25, -0.2) is 15.0 Å². The molecule has 7 heteroatoms. The highest BCUT2D eigenvalue weighted by atomic mass is 16.3. The molecule has 7 nitrogen and oxygen atoms in total. The molecule has 1 saturated carbocycles. The molecule has 5 rings (SSSR count). The molecule has 2 aliphatic rings. The third-order valence-corrected chi connectivity index (χ3v) is 5.25. The van der Waals surface area contributed by atoms with Crippen LogP contribution in [0.25, 0.3) is 22.4 Å². The van der Waals surface area contributed by atoms with Gasteiger partial charge in [-0.05, 0) is 43.9 Å². The van der Waals surface area contributed by atoms with Gasteiger partial charge in [0.05, 0.1) is 23.7 Å². The van der Waals surface area contributed by atoms with Crippen LogP contribution < -0.4 is 10.6 Å². The molecule has 1 aliphatic heterocycles. The number of hydrogen-bond donors (Lipinski definition) is 3. The number of anilines is 3. The van der Waals surface area contributed by atoms with Gasteiger partial charge in [0.1, 0.15) is 5.82 Å². The summed E-state index contributed by atoms with van der Waals surface area (Å²) in [4.78, 5) is 18.1. The molecule has 0 radical (unpaired) electrons. The van der Waals surface area contributed by atoms with E-state index in [1.165, 1.54) is 0 Å². The molecule has 4 heterocycles. The number of aliphatic hydroxyl groups is 1. The van der Waals surface area contributed by atoms with Gasteiger partial charge in [-0.2, -0.15) is 0 Å². The number of nitrogens with zero attached hydrogens (tertiary/aromatic N) is 4. The molecule has 0 atom stereocenters. The van der Waals surface area contributed by atoms with E-state index in [4.69, 9.17) is 4.98 Å². The van der Waals surface area contributed by atoms with E-state index in [1.54, 1.807) is 18.6 Å². The van der Waals surface area contributed by atoms with Crippen molar-refractivity contribution in [1.82, 2.24) is 19.9 Å². The van der Waals surface area contributed by atoms with Gasteiger partial charge in [0.25, 0.3) is 0 Å². The Balaban J connectivity index is 1.57. The van der Waals surface area contributed by atoms with Crippen molar-refractivity contribution < 1.29 is 5.11 Å². The van der Waals surface area contributed by atoms with Gasteiger partial charge in [0.2, 0.25) is 5.95 Å². The fourth-order valence-corrected chi connectivity index (χ4v) is 3.81. The predicted molar refractivity (Wildman–Crippen MR) is 104 cm³/mol. The van der Waals surface area contributed by atoms with Gasteiger partial charge in [0, 0.05) is 41.3 Å². The first kappa shape index (κ1) is 16.1. The van der Waals surface area contributed by atoms with Crippen LogP contribution in [0.15, 0.2) is 43.0 Å². The van der Waals surface area contributed by atoms with E-state index in [2.05, 4.69) is 25.6 Å². The van der Waals surface area contributed by atoms with Gasteiger partial charge < -0.3 is 15.7 Å². The lowest BCUT2D eigenvalue weighted by Gasteiger charge is -2.26. The zero-order chi connectivity index (χ0) is 18.2. The second-order valence-corrected chi connectivity index (χ2v) is 7.05. The van der Waals surface area contributed by atoms with Crippen molar-refractivity contribution in [2.24, 2.45) is 0 Å². The molecule has 0 bridgehead atoms. The Bertz CT molecular complexity index is 984. The van der Waals surface area contributed by atoms with Crippen molar-refractivity contribution in [1.29, 1.82) is 0 Å². The van der Waals surface area contributed by atoms with Crippen LogP contribution in [0.2, 0.25) is 0 Å². The summed E-state index contributed by atoms with van der Waals surface area (Å²) in [5.41, 5.74) is 4.64. The first-order valence-corrected chi connectivity index (χ1v) is 9.26. The zero-order valence-electron chi connectivity index (χ0n) is 14.8. The van der Waals surface area contributed by atoms with Crippen LogP contribution in [-0.2, 0) is 0 Å². The monoisotopic (exact) mass is 360 g/mol. The van der Waals surface area contributed by atoms with Crippen molar-refractivity contribution >= 4 is 17.5 Å². The van der Waals surface area contributed by atoms with Crippen molar-refractivity contribution in [3.05, 3.63) is 43.0 Å².